The lowest BCUT2D eigenvalue weighted by molar-refractivity contribution is 0.287. The van der Waals surface area contributed by atoms with Gasteiger partial charge < -0.3 is 15.7 Å². The van der Waals surface area contributed by atoms with Crippen molar-refractivity contribution >= 4 is 27.7 Å². The zero-order valence-electron chi connectivity index (χ0n) is 16.9. The molecule has 31 heavy (non-hydrogen) atoms. The molecule has 0 saturated heterocycles. The van der Waals surface area contributed by atoms with Crippen LogP contribution in [0.15, 0.2) is 71.8 Å². The van der Waals surface area contributed by atoms with Gasteiger partial charge in [0.15, 0.2) is 0 Å². The van der Waals surface area contributed by atoms with Crippen LogP contribution in [-0.2, 0) is 10.0 Å². The molecular formula is C22H25N5O3S. The van der Waals surface area contributed by atoms with Crippen molar-refractivity contribution in [3.05, 3.63) is 72.4 Å². The molecule has 0 bridgehead atoms. The van der Waals surface area contributed by atoms with Gasteiger partial charge in [-0.3, -0.25) is 0 Å². The van der Waals surface area contributed by atoms with E-state index in [1.807, 2.05) is 42.5 Å². The fourth-order valence-electron chi connectivity index (χ4n) is 2.79. The van der Waals surface area contributed by atoms with Gasteiger partial charge in [-0.15, -0.1) is 0 Å². The fraction of sp³-hybridized carbons (Fsp3) is 0.182. The van der Waals surface area contributed by atoms with Crippen molar-refractivity contribution in [3.8, 4) is 11.3 Å². The van der Waals surface area contributed by atoms with E-state index in [-0.39, 0.29) is 11.5 Å². The third-order valence-electron chi connectivity index (χ3n) is 4.39. The molecule has 2 aromatic carbocycles. The summed E-state index contributed by atoms with van der Waals surface area (Å²) in [7, 11) is -3.73. The second kappa shape index (κ2) is 10.8. The Hall–Kier alpha value is -3.11. The van der Waals surface area contributed by atoms with Gasteiger partial charge in [0.2, 0.25) is 16.0 Å². The monoisotopic (exact) mass is 439 g/mol. The fourth-order valence-corrected chi connectivity index (χ4v) is 3.30. The highest BCUT2D eigenvalue weighted by molar-refractivity contribution is 7.89. The zero-order valence-corrected chi connectivity index (χ0v) is 17.7. The van der Waals surface area contributed by atoms with Crippen molar-refractivity contribution in [2.24, 2.45) is 5.14 Å². The first-order chi connectivity index (χ1) is 15.0. The Labute approximate surface area is 181 Å². The Morgan fingerprint density at radius 3 is 2.45 bits per heavy atom. The van der Waals surface area contributed by atoms with Crippen LogP contribution in [0.25, 0.3) is 17.3 Å². The second-order valence-electron chi connectivity index (χ2n) is 6.77. The van der Waals surface area contributed by atoms with Crippen molar-refractivity contribution in [3.63, 3.8) is 0 Å². The van der Waals surface area contributed by atoms with Gasteiger partial charge in [0.05, 0.1) is 10.6 Å². The van der Waals surface area contributed by atoms with E-state index in [1.165, 1.54) is 12.1 Å². The van der Waals surface area contributed by atoms with Crippen molar-refractivity contribution in [1.82, 2.24) is 15.3 Å². The van der Waals surface area contributed by atoms with E-state index in [1.54, 1.807) is 18.3 Å². The van der Waals surface area contributed by atoms with Crippen LogP contribution < -0.4 is 15.8 Å². The van der Waals surface area contributed by atoms with Gasteiger partial charge in [-0.2, -0.15) is 0 Å². The molecule has 3 rings (SSSR count). The standard InChI is InChI=1S/C22H25N5O3S/c23-31(29,30)20-10-8-19(9-11-20)26-22-25-15-12-21(27-22)18-6-4-17(5-7-18)3-1-13-24-14-2-16-28/h1,3-12,15,24,28H,2,13-14,16H2,(H2,23,29,30)(H,25,26,27). The van der Waals surface area contributed by atoms with Crippen molar-refractivity contribution in [1.29, 1.82) is 0 Å². The predicted molar refractivity (Wildman–Crippen MR) is 122 cm³/mol. The number of anilines is 2. The molecule has 3 aromatic rings. The van der Waals surface area contributed by atoms with Crippen LogP contribution in [0.4, 0.5) is 11.6 Å². The van der Waals surface area contributed by atoms with Gasteiger partial charge in [0, 0.05) is 30.6 Å². The molecule has 0 unspecified atom stereocenters. The number of nitrogens with one attached hydrogen (secondary N) is 2. The van der Waals surface area contributed by atoms with E-state index < -0.39 is 10.0 Å². The minimum atomic E-state index is -3.73. The molecule has 0 spiro atoms. The number of aromatic nitrogens is 2. The lowest BCUT2D eigenvalue weighted by atomic mass is 10.1. The van der Waals surface area contributed by atoms with Crippen LogP contribution in [0, 0.1) is 0 Å². The zero-order chi connectivity index (χ0) is 22.1. The summed E-state index contributed by atoms with van der Waals surface area (Å²) in [4.78, 5) is 8.79. The molecule has 0 saturated carbocycles. The maximum Gasteiger partial charge on any atom is 0.238 e. The van der Waals surface area contributed by atoms with Crippen LogP contribution in [0.1, 0.15) is 12.0 Å². The van der Waals surface area contributed by atoms with Crippen LogP contribution in [0.3, 0.4) is 0 Å². The number of primary sulfonamides is 1. The average molecular weight is 440 g/mol. The van der Waals surface area contributed by atoms with E-state index >= 15 is 0 Å². The number of hydrogen-bond donors (Lipinski definition) is 4. The number of nitrogens with two attached hydrogens (primary N) is 1. The minimum Gasteiger partial charge on any atom is -0.396 e. The SMILES string of the molecule is NS(=O)(=O)c1ccc(Nc2nccc(-c3ccc(C=CCNCCCO)cc3)n2)cc1. The summed E-state index contributed by atoms with van der Waals surface area (Å²) in [5.74, 6) is 0.402. The van der Waals surface area contributed by atoms with Gasteiger partial charge in [0.1, 0.15) is 0 Å². The van der Waals surface area contributed by atoms with Gasteiger partial charge in [-0.25, -0.2) is 23.5 Å². The van der Waals surface area contributed by atoms with Gasteiger partial charge >= 0.3 is 0 Å². The first-order valence-corrected chi connectivity index (χ1v) is 11.3. The summed E-state index contributed by atoms with van der Waals surface area (Å²) < 4.78 is 22.7. The molecule has 0 fully saturated rings. The first kappa shape index (κ1) is 22.6. The molecule has 0 aliphatic heterocycles. The van der Waals surface area contributed by atoms with E-state index in [2.05, 4.69) is 20.6 Å². The molecule has 8 nitrogen and oxygen atoms in total. The largest absolute Gasteiger partial charge is 0.396 e. The first-order valence-electron chi connectivity index (χ1n) is 9.77. The highest BCUT2D eigenvalue weighted by atomic mass is 32.2. The van der Waals surface area contributed by atoms with Crippen LogP contribution >= 0.6 is 0 Å². The molecule has 9 heteroatoms. The number of sulfonamides is 1. The molecule has 0 aliphatic rings. The Bertz CT molecular complexity index is 1110. The Morgan fingerprint density at radius 1 is 1.03 bits per heavy atom. The van der Waals surface area contributed by atoms with Crippen molar-refractivity contribution in [2.75, 3.05) is 25.0 Å². The summed E-state index contributed by atoms with van der Waals surface area (Å²) in [6, 6.07) is 15.9. The number of nitrogens with zero attached hydrogens (tertiary/aromatic N) is 2. The molecule has 0 amide bonds. The van der Waals surface area contributed by atoms with Gasteiger partial charge in [-0.1, -0.05) is 36.4 Å². The predicted octanol–water partition coefficient (Wildman–Crippen LogP) is 2.52. The third-order valence-corrected chi connectivity index (χ3v) is 5.31. The highest BCUT2D eigenvalue weighted by Crippen LogP contribution is 2.21. The van der Waals surface area contributed by atoms with Gasteiger partial charge in [0.25, 0.3) is 0 Å². The minimum absolute atomic E-state index is 0.0443. The molecule has 1 aromatic heterocycles. The highest BCUT2D eigenvalue weighted by Gasteiger charge is 2.08. The summed E-state index contributed by atoms with van der Waals surface area (Å²) in [5.41, 5.74) is 3.45. The Kier molecular flexibility index (Phi) is 7.85. The van der Waals surface area contributed by atoms with E-state index in [0.717, 1.165) is 36.3 Å². The summed E-state index contributed by atoms with van der Waals surface area (Å²) in [6.07, 6.45) is 6.49. The normalized spacial score (nSPS) is 11.7. The smallest absolute Gasteiger partial charge is 0.238 e. The Balaban J connectivity index is 1.64. The number of aliphatic hydroxyl groups is 1. The molecule has 0 atom stereocenters. The molecule has 5 N–H and O–H groups in total. The maximum absolute atomic E-state index is 11.4. The molecular weight excluding hydrogens is 414 g/mol. The summed E-state index contributed by atoms with van der Waals surface area (Å²) >= 11 is 0. The van der Waals surface area contributed by atoms with E-state index in [4.69, 9.17) is 10.2 Å². The van der Waals surface area contributed by atoms with Crippen molar-refractivity contribution < 1.29 is 13.5 Å². The average Bonchev–Trinajstić information content (AvgIpc) is 2.76. The molecule has 0 radical (unpaired) electrons. The van der Waals surface area contributed by atoms with Gasteiger partial charge in [-0.05, 0) is 48.9 Å². The van der Waals surface area contributed by atoms with E-state index in [0.29, 0.717) is 11.6 Å². The molecule has 1 heterocycles. The Morgan fingerprint density at radius 2 is 1.77 bits per heavy atom. The number of rotatable bonds is 10. The molecule has 162 valence electrons. The lowest BCUT2D eigenvalue weighted by Crippen LogP contribution is -2.15. The summed E-state index contributed by atoms with van der Waals surface area (Å²) in [6.45, 7) is 1.74. The molecule has 0 aliphatic carbocycles. The second-order valence-corrected chi connectivity index (χ2v) is 8.33. The quantitative estimate of drug-likeness (QED) is 0.357. The van der Waals surface area contributed by atoms with Crippen molar-refractivity contribution in [2.45, 2.75) is 11.3 Å². The number of hydrogen-bond acceptors (Lipinski definition) is 7. The third kappa shape index (κ3) is 6.97. The van der Waals surface area contributed by atoms with E-state index in [9.17, 15) is 8.42 Å². The maximum atomic E-state index is 11.4. The lowest BCUT2D eigenvalue weighted by Gasteiger charge is -2.07. The van der Waals surface area contributed by atoms with Crippen LogP contribution in [0.2, 0.25) is 0 Å². The van der Waals surface area contributed by atoms with Crippen LogP contribution in [-0.4, -0.2) is 43.2 Å². The number of benzene rings is 2. The summed E-state index contributed by atoms with van der Waals surface area (Å²) in [5, 5.41) is 20.2. The topological polar surface area (TPSA) is 130 Å². The van der Waals surface area contributed by atoms with Crippen LogP contribution in [0.5, 0.6) is 0 Å². The number of aliphatic hydroxyl groups excluding tert-OH is 1.